The molecule has 0 unspecified atom stereocenters. The van der Waals surface area contributed by atoms with E-state index in [4.69, 9.17) is 29.2 Å². The molecule has 0 saturated carbocycles. The molecule has 0 atom stereocenters. The minimum absolute atomic E-state index is 0.600. The van der Waals surface area contributed by atoms with Gasteiger partial charge in [-0.3, -0.25) is 0 Å². The number of hydrogen-bond donors (Lipinski definition) is 0. The van der Waals surface area contributed by atoms with Crippen LogP contribution in [0.25, 0.3) is 27.9 Å². The molecular formula is C23H24N4O3. The summed E-state index contributed by atoms with van der Waals surface area (Å²) < 4.78 is 16.3. The van der Waals surface area contributed by atoms with Crippen LogP contribution in [0.15, 0.2) is 42.5 Å². The van der Waals surface area contributed by atoms with Crippen LogP contribution in [0, 0.1) is 0 Å². The van der Waals surface area contributed by atoms with Gasteiger partial charge in [-0.05, 0) is 48.4 Å². The summed E-state index contributed by atoms with van der Waals surface area (Å²) >= 11 is 0. The highest BCUT2D eigenvalue weighted by Gasteiger charge is 2.20. The lowest BCUT2D eigenvalue weighted by Crippen LogP contribution is -2.37. The maximum absolute atomic E-state index is 5.54. The molecule has 154 valence electrons. The molecule has 2 aromatic heterocycles. The van der Waals surface area contributed by atoms with E-state index in [1.807, 2.05) is 30.3 Å². The van der Waals surface area contributed by atoms with Crippen molar-refractivity contribution in [1.82, 2.24) is 15.0 Å². The predicted octanol–water partition coefficient (Wildman–Crippen LogP) is 3.34. The number of anilines is 1. The molecule has 0 spiro atoms. The van der Waals surface area contributed by atoms with E-state index in [1.165, 1.54) is 0 Å². The molecule has 3 aromatic rings. The molecule has 0 N–H and O–H groups in total. The molecule has 0 aliphatic carbocycles. The highest BCUT2D eigenvalue weighted by atomic mass is 16.5. The molecule has 4 heterocycles. The largest absolute Gasteiger partial charge is 0.497 e. The Balaban J connectivity index is 1.62. The van der Waals surface area contributed by atoms with Gasteiger partial charge in [0.05, 0.1) is 44.6 Å². The summed E-state index contributed by atoms with van der Waals surface area (Å²) in [7, 11) is 1.67. The summed E-state index contributed by atoms with van der Waals surface area (Å²) in [4.78, 5) is 17.0. The van der Waals surface area contributed by atoms with E-state index in [0.717, 1.165) is 59.1 Å². The van der Waals surface area contributed by atoms with E-state index in [2.05, 4.69) is 17.0 Å². The molecule has 2 aliphatic rings. The van der Waals surface area contributed by atoms with Gasteiger partial charge < -0.3 is 19.1 Å². The number of methoxy groups -OCH3 is 1. The van der Waals surface area contributed by atoms with Crippen molar-refractivity contribution in [2.24, 2.45) is 0 Å². The third-order valence-corrected chi connectivity index (χ3v) is 5.49. The first-order chi connectivity index (χ1) is 14.8. The molecule has 5 rings (SSSR count). The van der Waals surface area contributed by atoms with E-state index < -0.39 is 0 Å². The minimum Gasteiger partial charge on any atom is -0.497 e. The van der Waals surface area contributed by atoms with Crippen LogP contribution < -0.4 is 9.64 Å². The van der Waals surface area contributed by atoms with Gasteiger partial charge in [0.15, 0.2) is 11.5 Å². The first-order valence-corrected chi connectivity index (χ1v) is 10.2. The predicted molar refractivity (Wildman–Crippen MR) is 116 cm³/mol. The zero-order valence-corrected chi connectivity index (χ0v) is 17.0. The van der Waals surface area contributed by atoms with Gasteiger partial charge in [0.1, 0.15) is 11.6 Å². The van der Waals surface area contributed by atoms with Crippen LogP contribution in [-0.4, -0.2) is 61.6 Å². The lowest BCUT2D eigenvalue weighted by Gasteiger charge is -2.29. The van der Waals surface area contributed by atoms with Crippen molar-refractivity contribution in [2.75, 3.05) is 51.5 Å². The molecular weight excluding hydrogens is 380 g/mol. The van der Waals surface area contributed by atoms with Crippen molar-refractivity contribution < 1.29 is 14.2 Å². The van der Waals surface area contributed by atoms with Crippen LogP contribution in [0.4, 0.5) is 5.82 Å². The molecule has 7 nitrogen and oxygen atoms in total. The number of aromatic nitrogens is 3. The normalized spacial score (nSPS) is 17.1. The number of hydrogen-bond acceptors (Lipinski definition) is 7. The number of fused-ring (bicyclic) bond motifs is 1. The quantitative estimate of drug-likeness (QED) is 0.660. The first kappa shape index (κ1) is 19.0. The Hall–Kier alpha value is -3.03. The average molecular weight is 404 g/mol. The number of nitrogens with zero attached hydrogens (tertiary/aromatic N) is 4. The second-order valence-corrected chi connectivity index (χ2v) is 7.32. The lowest BCUT2D eigenvalue weighted by molar-refractivity contribution is 0.122. The molecule has 30 heavy (non-hydrogen) atoms. The number of benzene rings is 1. The van der Waals surface area contributed by atoms with Gasteiger partial charge in [-0.15, -0.1) is 0 Å². The van der Waals surface area contributed by atoms with Gasteiger partial charge in [-0.2, -0.15) is 0 Å². The zero-order valence-electron chi connectivity index (χ0n) is 17.0. The highest BCUT2D eigenvalue weighted by molar-refractivity contribution is 5.90. The third kappa shape index (κ3) is 3.74. The van der Waals surface area contributed by atoms with E-state index >= 15 is 0 Å². The topological polar surface area (TPSA) is 69.6 Å². The summed E-state index contributed by atoms with van der Waals surface area (Å²) in [5.74, 6) is 2.50. The molecule has 1 saturated heterocycles. The number of rotatable bonds is 4. The van der Waals surface area contributed by atoms with Gasteiger partial charge in [0, 0.05) is 18.7 Å². The summed E-state index contributed by atoms with van der Waals surface area (Å²) in [5.41, 5.74) is 3.73. The maximum atomic E-state index is 5.54. The highest BCUT2D eigenvalue weighted by Crippen LogP contribution is 2.30. The Morgan fingerprint density at radius 3 is 2.47 bits per heavy atom. The second-order valence-electron chi connectivity index (χ2n) is 7.32. The van der Waals surface area contributed by atoms with Crippen LogP contribution in [-0.2, 0) is 9.47 Å². The summed E-state index contributed by atoms with van der Waals surface area (Å²) in [5, 5.41) is 0.963. The fourth-order valence-corrected chi connectivity index (χ4v) is 3.81. The van der Waals surface area contributed by atoms with E-state index in [1.54, 1.807) is 7.11 Å². The van der Waals surface area contributed by atoms with Gasteiger partial charge in [0.25, 0.3) is 0 Å². The summed E-state index contributed by atoms with van der Waals surface area (Å²) in [6.45, 7) is 4.33. The van der Waals surface area contributed by atoms with Crippen LogP contribution in [0.1, 0.15) is 12.2 Å². The van der Waals surface area contributed by atoms with Crippen LogP contribution >= 0.6 is 0 Å². The van der Waals surface area contributed by atoms with Crippen LogP contribution in [0.3, 0.4) is 0 Å². The Bertz CT molecular complexity index is 1080. The van der Waals surface area contributed by atoms with Crippen molar-refractivity contribution in [3.05, 3.63) is 48.3 Å². The van der Waals surface area contributed by atoms with Crippen molar-refractivity contribution in [2.45, 2.75) is 6.42 Å². The van der Waals surface area contributed by atoms with Crippen molar-refractivity contribution in [1.29, 1.82) is 0 Å². The van der Waals surface area contributed by atoms with Crippen molar-refractivity contribution >= 4 is 22.4 Å². The molecule has 2 aliphatic heterocycles. The molecule has 0 radical (unpaired) electrons. The fraction of sp³-hybridized carbons (Fsp3) is 0.348. The van der Waals surface area contributed by atoms with E-state index in [9.17, 15) is 0 Å². The van der Waals surface area contributed by atoms with Gasteiger partial charge in [0.2, 0.25) is 0 Å². The zero-order chi connectivity index (χ0) is 20.3. The van der Waals surface area contributed by atoms with Crippen LogP contribution in [0.2, 0.25) is 0 Å². The molecule has 0 amide bonds. The lowest BCUT2D eigenvalue weighted by atomic mass is 10.1. The maximum Gasteiger partial charge on any atom is 0.165 e. The third-order valence-electron chi connectivity index (χ3n) is 5.49. The van der Waals surface area contributed by atoms with E-state index in [0.29, 0.717) is 32.1 Å². The van der Waals surface area contributed by atoms with Crippen molar-refractivity contribution in [3.63, 3.8) is 0 Å². The SMILES string of the molecule is COc1ccc(-c2ccc3c(N4CCOCC4)nc(C4=CCOCC4)nc3n2)cc1. The van der Waals surface area contributed by atoms with Crippen LogP contribution in [0.5, 0.6) is 5.75 Å². The first-order valence-electron chi connectivity index (χ1n) is 10.2. The smallest absolute Gasteiger partial charge is 0.165 e. The molecule has 1 fully saturated rings. The Kier molecular flexibility index (Phi) is 5.29. The Morgan fingerprint density at radius 2 is 1.73 bits per heavy atom. The van der Waals surface area contributed by atoms with Crippen molar-refractivity contribution in [3.8, 4) is 17.0 Å². The Labute approximate surface area is 175 Å². The van der Waals surface area contributed by atoms with Gasteiger partial charge in [-0.1, -0.05) is 6.08 Å². The van der Waals surface area contributed by atoms with Gasteiger partial charge >= 0.3 is 0 Å². The average Bonchev–Trinajstić information content (AvgIpc) is 2.84. The fourth-order valence-electron chi connectivity index (χ4n) is 3.81. The summed E-state index contributed by atoms with van der Waals surface area (Å²) in [6, 6.07) is 12.0. The summed E-state index contributed by atoms with van der Waals surface area (Å²) in [6.07, 6.45) is 2.88. The number of ether oxygens (including phenoxy) is 3. The Morgan fingerprint density at radius 1 is 0.900 bits per heavy atom. The molecule has 0 bridgehead atoms. The molecule has 7 heteroatoms. The number of morpholine rings is 1. The standard InChI is InChI=1S/C23H24N4O3/c1-28-18-4-2-16(3-5-18)20-7-6-19-22(24-20)25-21(17-8-12-29-13-9-17)26-23(19)27-10-14-30-15-11-27/h2-8H,9-15H2,1H3. The van der Waals surface area contributed by atoms with E-state index in [-0.39, 0.29) is 0 Å². The molecule has 1 aromatic carbocycles. The number of pyridine rings is 1. The van der Waals surface area contributed by atoms with Gasteiger partial charge in [-0.25, -0.2) is 15.0 Å². The monoisotopic (exact) mass is 404 g/mol. The minimum atomic E-state index is 0.600. The second kappa shape index (κ2) is 8.38.